The molecular weight excluding hydrogens is 368 g/mol. The van der Waals surface area contributed by atoms with Crippen LogP contribution in [0.4, 0.5) is 5.69 Å². The van der Waals surface area contributed by atoms with E-state index in [0.717, 1.165) is 50.6 Å². The van der Waals surface area contributed by atoms with E-state index < -0.39 is 0 Å². The fourth-order valence-electron chi connectivity index (χ4n) is 3.49. The summed E-state index contributed by atoms with van der Waals surface area (Å²) >= 11 is 0. The Morgan fingerprint density at radius 1 is 1.26 bits per heavy atom. The van der Waals surface area contributed by atoms with E-state index in [4.69, 9.17) is 4.74 Å². The highest BCUT2D eigenvalue weighted by atomic mass is 35.5. The molecule has 3 rings (SSSR count). The van der Waals surface area contributed by atoms with Crippen LogP contribution in [0.3, 0.4) is 0 Å². The Kier molecular flexibility index (Phi) is 8.34. The summed E-state index contributed by atoms with van der Waals surface area (Å²) in [5, 5.41) is 6.33. The Morgan fingerprint density at radius 2 is 1.96 bits per heavy atom. The maximum atomic E-state index is 12.4. The van der Waals surface area contributed by atoms with E-state index in [-0.39, 0.29) is 36.6 Å². The Balaban J connectivity index is 0.00000261. The van der Waals surface area contributed by atoms with Gasteiger partial charge in [0.05, 0.1) is 13.0 Å². The van der Waals surface area contributed by atoms with Crippen LogP contribution in [0.15, 0.2) is 24.3 Å². The SMILES string of the molecule is COc1ccc(N2CC(C(=O)NCCCN3CCNCC3)CC2=O)cc1.Cl. The molecule has 0 aromatic heterocycles. The minimum absolute atomic E-state index is 0. The summed E-state index contributed by atoms with van der Waals surface area (Å²) in [7, 11) is 1.61. The molecule has 7 nitrogen and oxygen atoms in total. The predicted octanol–water partition coefficient (Wildman–Crippen LogP) is 0.881. The lowest BCUT2D eigenvalue weighted by Gasteiger charge is -2.27. The van der Waals surface area contributed by atoms with Crippen molar-refractivity contribution in [2.75, 3.05) is 57.8 Å². The quantitative estimate of drug-likeness (QED) is 0.669. The maximum Gasteiger partial charge on any atom is 0.227 e. The third kappa shape index (κ3) is 5.82. The second kappa shape index (κ2) is 10.5. The van der Waals surface area contributed by atoms with E-state index in [2.05, 4.69) is 15.5 Å². The van der Waals surface area contributed by atoms with Crippen molar-refractivity contribution in [3.63, 3.8) is 0 Å². The van der Waals surface area contributed by atoms with Crippen molar-refractivity contribution in [3.05, 3.63) is 24.3 Å². The van der Waals surface area contributed by atoms with Crippen molar-refractivity contribution in [1.29, 1.82) is 0 Å². The Hall–Kier alpha value is -1.83. The molecule has 1 aromatic carbocycles. The standard InChI is InChI=1S/C19H28N4O3.ClH/c1-26-17-5-3-16(4-6-17)23-14-15(13-18(23)24)19(25)21-7-2-10-22-11-8-20-9-12-22;/h3-6,15,20H,2,7-14H2,1H3,(H,21,25);1H. The number of nitrogens with zero attached hydrogens (tertiary/aromatic N) is 2. The van der Waals surface area contributed by atoms with Crippen LogP contribution in [0.2, 0.25) is 0 Å². The predicted molar refractivity (Wildman–Crippen MR) is 108 cm³/mol. The van der Waals surface area contributed by atoms with Crippen molar-refractivity contribution in [3.8, 4) is 5.75 Å². The van der Waals surface area contributed by atoms with Crippen LogP contribution < -0.4 is 20.3 Å². The number of rotatable bonds is 7. The normalized spacial score (nSPS) is 20.3. The summed E-state index contributed by atoms with van der Waals surface area (Å²) in [6, 6.07) is 7.35. The summed E-state index contributed by atoms with van der Waals surface area (Å²) in [4.78, 5) is 28.8. The van der Waals surface area contributed by atoms with E-state index in [1.807, 2.05) is 24.3 Å². The fourth-order valence-corrected chi connectivity index (χ4v) is 3.49. The van der Waals surface area contributed by atoms with E-state index in [1.165, 1.54) is 0 Å². The van der Waals surface area contributed by atoms with Crippen LogP contribution in [0, 0.1) is 5.92 Å². The Bertz CT molecular complexity index is 620. The summed E-state index contributed by atoms with van der Waals surface area (Å²) in [5.41, 5.74) is 0.810. The van der Waals surface area contributed by atoms with E-state index in [9.17, 15) is 9.59 Å². The van der Waals surface area contributed by atoms with Gasteiger partial charge in [-0.25, -0.2) is 0 Å². The molecule has 0 radical (unpaired) electrons. The van der Waals surface area contributed by atoms with Crippen molar-refractivity contribution < 1.29 is 14.3 Å². The monoisotopic (exact) mass is 396 g/mol. The Morgan fingerprint density at radius 3 is 2.63 bits per heavy atom. The first kappa shape index (κ1) is 21.5. The first-order valence-electron chi connectivity index (χ1n) is 9.32. The number of amides is 2. The smallest absolute Gasteiger partial charge is 0.227 e. The number of ether oxygens (including phenoxy) is 1. The lowest BCUT2D eigenvalue weighted by molar-refractivity contribution is -0.126. The zero-order valence-electron chi connectivity index (χ0n) is 15.8. The summed E-state index contributed by atoms with van der Waals surface area (Å²) in [5.74, 6) is 0.453. The third-order valence-corrected chi connectivity index (χ3v) is 5.04. The van der Waals surface area contributed by atoms with Crippen molar-refractivity contribution in [1.82, 2.24) is 15.5 Å². The van der Waals surface area contributed by atoms with Gasteiger partial charge in [0.2, 0.25) is 11.8 Å². The van der Waals surface area contributed by atoms with E-state index in [0.29, 0.717) is 13.1 Å². The minimum atomic E-state index is -0.274. The number of piperazine rings is 1. The van der Waals surface area contributed by atoms with Gasteiger partial charge >= 0.3 is 0 Å². The number of hydrogen-bond donors (Lipinski definition) is 2. The molecule has 2 aliphatic heterocycles. The maximum absolute atomic E-state index is 12.4. The lowest BCUT2D eigenvalue weighted by atomic mass is 10.1. The van der Waals surface area contributed by atoms with E-state index in [1.54, 1.807) is 12.0 Å². The van der Waals surface area contributed by atoms with Gasteiger partial charge in [0.15, 0.2) is 0 Å². The Labute approximate surface area is 166 Å². The second-order valence-electron chi connectivity index (χ2n) is 6.84. The van der Waals surface area contributed by atoms with Crippen LogP contribution in [0.1, 0.15) is 12.8 Å². The zero-order valence-corrected chi connectivity index (χ0v) is 16.6. The molecule has 1 unspecified atom stereocenters. The van der Waals surface area contributed by atoms with Gasteiger partial charge in [-0.1, -0.05) is 0 Å². The summed E-state index contributed by atoms with van der Waals surface area (Å²) < 4.78 is 5.14. The number of nitrogens with one attached hydrogen (secondary N) is 2. The molecule has 2 aliphatic rings. The number of carbonyl (C=O) groups is 2. The highest BCUT2D eigenvalue weighted by Gasteiger charge is 2.34. The average molecular weight is 397 g/mol. The average Bonchev–Trinajstić information content (AvgIpc) is 3.08. The van der Waals surface area contributed by atoms with Crippen LogP contribution in [-0.2, 0) is 9.59 Å². The van der Waals surface area contributed by atoms with Crippen LogP contribution in [-0.4, -0.2) is 69.6 Å². The molecule has 2 amide bonds. The molecule has 1 aromatic rings. The highest BCUT2D eigenvalue weighted by molar-refractivity contribution is 6.00. The first-order chi connectivity index (χ1) is 12.7. The summed E-state index contributed by atoms with van der Waals surface area (Å²) in [6.45, 7) is 6.33. The van der Waals surface area contributed by atoms with Gasteiger partial charge in [-0.05, 0) is 37.2 Å². The van der Waals surface area contributed by atoms with Crippen molar-refractivity contribution >= 4 is 29.9 Å². The lowest BCUT2D eigenvalue weighted by Crippen LogP contribution is -2.44. The van der Waals surface area contributed by atoms with Gasteiger partial charge in [-0.15, -0.1) is 12.4 Å². The molecule has 1 atom stereocenters. The number of benzene rings is 1. The van der Waals surface area contributed by atoms with Gasteiger partial charge in [-0.3, -0.25) is 9.59 Å². The fraction of sp³-hybridized carbons (Fsp3) is 0.579. The molecule has 0 saturated carbocycles. The number of methoxy groups -OCH3 is 1. The molecule has 0 spiro atoms. The van der Waals surface area contributed by atoms with Gasteiger partial charge < -0.3 is 25.2 Å². The van der Waals surface area contributed by atoms with Crippen LogP contribution >= 0.6 is 12.4 Å². The van der Waals surface area contributed by atoms with Crippen LogP contribution in [0.25, 0.3) is 0 Å². The molecule has 0 bridgehead atoms. The molecule has 0 aliphatic carbocycles. The van der Waals surface area contributed by atoms with E-state index >= 15 is 0 Å². The molecule has 27 heavy (non-hydrogen) atoms. The number of halogens is 1. The molecule has 8 heteroatoms. The second-order valence-corrected chi connectivity index (χ2v) is 6.84. The van der Waals surface area contributed by atoms with Gasteiger partial charge in [0.25, 0.3) is 0 Å². The largest absolute Gasteiger partial charge is 0.497 e. The number of anilines is 1. The molecule has 2 heterocycles. The van der Waals surface area contributed by atoms with Crippen molar-refractivity contribution in [2.45, 2.75) is 12.8 Å². The van der Waals surface area contributed by atoms with Crippen molar-refractivity contribution in [2.24, 2.45) is 5.92 Å². The number of carbonyl (C=O) groups excluding carboxylic acids is 2. The molecule has 150 valence electrons. The summed E-state index contributed by atoms with van der Waals surface area (Å²) in [6.07, 6.45) is 1.21. The van der Waals surface area contributed by atoms with Gasteiger partial charge in [-0.2, -0.15) is 0 Å². The first-order valence-corrected chi connectivity index (χ1v) is 9.32. The topological polar surface area (TPSA) is 73.9 Å². The number of hydrogen-bond acceptors (Lipinski definition) is 5. The molecule has 2 fully saturated rings. The highest BCUT2D eigenvalue weighted by Crippen LogP contribution is 2.26. The zero-order chi connectivity index (χ0) is 18.4. The van der Waals surface area contributed by atoms with Crippen LogP contribution in [0.5, 0.6) is 5.75 Å². The molecular formula is C19H29ClN4O3. The molecule has 2 saturated heterocycles. The van der Waals surface area contributed by atoms with Gasteiger partial charge in [0.1, 0.15) is 5.75 Å². The minimum Gasteiger partial charge on any atom is -0.497 e. The third-order valence-electron chi connectivity index (χ3n) is 5.04. The molecule has 2 N–H and O–H groups in total. The van der Waals surface area contributed by atoms with Gasteiger partial charge in [0, 0.05) is 51.4 Å².